The summed E-state index contributed by atoms with van der Waals surface area (Å²) in [7, 11) is 0. The Bertz CT molecular complexity index is 2720. The largest absolute Gasteiger partial charge is 0.502 e. The number of carbonyl (C=O) groups is 2. The van der Waals surface area contributed by atoms with Crippen LogP contribution in [-0.4, -0.2) is 76.6 Å². The van der Waals surface area contributed by atoms with Gasteiger partial charge >= 0.3 is 0 Å². The Morgan fingerprint density at radius 3 is 1.56 bits per heavy atom. The zero-order chi connectivity index (χ0) is 43.8. The lowest BCUT2D eigenvalue weighted by atomic mass is 9.82. The fourth-order valence-electron chi connectivity index (χ4n) is 9.76. The first-order valence-electron chi connectivity index (χ1n) is 21.4. The Morgan fingerprint density at radius 2 is 1.05 bits per heavy atom. The van der Waals surface area contributed by atoms with E-state index in [1.165, 1.54) is 4.68 Å². The molecule has 0 saturated heterocycles. The maximum Gasteiger partial charge on any atom is 0.276 e. The topological polar surface area (TPSA) is 151 Å². The quantitative estimate of drug-likeness (QED) is 0.130. The van der Waals surface area contributed by atoms with Crippen molar-refractivity contribution >= 4 is 11.8 Å². The molecule has 4 unspecified atom stereocenters. The van der Waals surface area contributed by atoms with Gasteiger partial charge in [-0.25, -0.2) is 0 Å². The normalized spacial score (nSPS) is 17.3. The first-order chi connectivity index (χ1) is 29.9. The number of benzene rings is 4. The van der Waals surface area contributed by atoms with Crippen molar-refractivity contribution in [1.29, 1.82) is 0 Å². The van der Waals surface area contributed by atoms with Crippen molar-refractivity contribution in [3.05, 3.63) is 186 Å². The van der Waals surface area contributed by atoms with Crippen molar-refractivity contribution in [2.24, 2.45) is 0 Å². The molecule has 2 N–H and O–H groups in total. The second-order valence-electron chi connectivity index (χ2n) is 16.8. The molecule has 0 saturated carbocycles. The highest BCUT2D eigenvalue weighted by molar-refractivity contribution is 5.96. The predicted molar refractivity (Wildman–Crippen MR) is 237 cm³/mol. The van der Waals surface area contributed by atoms with E-state index in [9.17, 15) is 29.4 Å². The number of hydrogen-bond donors (Lipinski definition) is 2. The number of fused-ring (bicyclic) bond motifs is 2. The molecular weight excluding hydrogens is 781 g/mol. The lowest BCUT2D eigenvalue weighted by Crippen LogP contribution is -2.51. The molecule has 2 aliphatic rings. The summed E-state index contributed by atoms with van der Waals surface area (Å²) in [5.74, 6) is -2.78. The smallest absolute Gasteiger partial charge is 0.276 e. The molecule has 4 aromatic carbocycles. The summed E-state index contributed by atoms with van der Waals surface area (Å²) in [5.41, 5.74) is 5.35. The van der Waals surface area contributed by atoms with E-state index in [1.807, 2.05) is 107 Å². The Kier molecular flexibility index (Phi) is 11.7. The van der Waals surface area contributed by atoms with Crippen molar-refractivity contribution in [2.45, 2.75) is 89.9 Å². The van der Waals surface area contributed by atoms with Gasteiger partial charge in [-0.05, 0) is 67.9 Å². The van der Waals surface area contributed by atoms with E-state index in [0.717, 1.165) is 51.3 Å². The molecule has 2 aromatic heterocycles. The van der Waals surface area contributed by atoms with E-state index in [2.05, 4.69) is 40.5 Å². The summed E-state index contributed by atoms with van der Waals surface area (Å²) in [6, 6.07) is 33.1. The fraction of sp³-hybridized carbons (Fsp3) is 0.320. The zero-order valence-corrected chi connectivity index (χ0v) is 35.7. The van der Waals surface area contributed by atoms with Crippen molar-refractivity contribution in [3.8, 4) is 11.5 Å². The van der Waals surface area contributed by atoms with E-state index in [-0.39, 0.29) is 35.8 Å². The molecule has 0 spiro atoms. The number of hydrogen-bond acceptors (Lipinski definition) is 8. The average molecular weight is 833 g/mol. The number of carbonyl (C=O) groups excluding carboxylic acids is 2. The standard InChI is InChI=1S/C50H52N6O6/c1-6-38(7-2)54-29-40(56-46(50(54)62)48(60)42(58)27-52-56)43(34-17-9-8-10-18-34)37-21-13-16-33(25-37)24-32(5)53-28-39(55-45(49(53)61)47(59)41(57)26-51-55)44(35-19-11-14-30(3)22-35)36-20-12-15-31(4)23-36/h8-23,25-27,32,38-40,43-44,59-60H,6-7,24,28-29H2,1-5H3. The van der Waals surface area contributed by atoms with Crippen LogP contribution in [0.15, 0.2) is 125 Å². The van der Waals surface area contributed by atoms with Crippen LogP contribution < -0.4 is 10.9 Å². The SMILES string of the molecule is CCC(CC)N1CC(C(c2ccccc2)c2cccc(CC(C)N3CC(C(c4cccc(C)c4)c4cccc(C)c4)n4ncc(=O)c(O)c4C3=O)c2)n2ncc(=O)c(O)c2C1=O. The minimum atomic E-state index is -0.721. The number of rotatable bonds is 12. The van der Waals surface area contributed by atoms with Crippen LogP contribution in [0.2, 0.25) is 0 Å². The van der Waals surface area contributed by atoms with E-state index in [1.54, 1.807) is 14.5 Å². The third kappa shape index (κ3) is 7.69. The second kappa shape index (κ2) is 17.3. The van der Waals surface area contributed by atoms with Crippen LogP contribution >= 0.6 is 0 Å². The van der Waals surface area contributed by atoms with Crippen LogP contribution in [0.4, 0.5) is 0 Å². The summed E-state index contributed by atoms with van der Waals surface area (Å²) < 4.78 is 3.07. The molecule has 2 aliphatic heterocycles. The van der Waals surface area contributed by atoms with Crippen molar-refractivity contribution < 1.29 is 19.8 Å². The van der Waals surface area contributed by atoms with E-state index in [0.29, 0.717) is 25.8 Å². The summed E-state index contributed by atoms with van der Waals surface area (Å²) in [6.45, 7) is 10.7. The summed E-state index contributed by atoms with van der Waals surface area (Å²) in [6.07, 6.45) is 3.98. The molecule has 62 heavy (non-hydrogen) atoms. The maximum absolute atomic E-state index is 14.5. The Labute approximate surface area is 360 Å². The lowest BCUT2D eigenvalue weighted by molar-refractivity contribution is 0.0520. The molecule has 318 valence electrons. The average Bonchev–Trinajstić information content (AvgIpc) is 3.26. The number of aryl methyl sites for hydroxylation is 2. The third-order valence-corrected chi connectivity index (χ3v) is 12.8. The number of amides is 2. The number of aromatic hydroxyl groups is 2. The number of nitrogens with zero attached hydrogens (tertiary/aromatic N) is 6. The summed E-state index contributed by atoms with van der Waals surface area (Å²) in [4.78, 5) is 57.8. The van der Waals surface area contributed by atoms with Gasteiger partial charge in [-0.3, -0.25) is 28.5 Å². The first-order valence-corrected chi connectivity index (χ1v) is 21.4. The zero-order valence-electron chi connectivity index (χ0n) is 35.7. The molecule has 8 rings (SSSR count). The highest BCUT2D eigenvalue weighted by Crippen LogP contribution is 2.43. The predicted octanol–water partition coefficient (Wildman–Crippen LogP) is 7.31. The van der Waals surface area contributed by atoms with Gasteiger partial charge < -0.3 is 20.0 Å². The van der Waals surface area contributed by atoms with Gasteiger partial charge in [-0.15, -0.1) is 0 Å². The van der Waals surface area contributed by atoms with Gasteiger partial charge in [0.25, 0.3) is 11.8 Å². The molecule has 0 fully saturated rings. The van der Waals surface area contributed by atoms with Crippen LogP contribution in [-0.2, 0) is 6.42 Å². The summed E-state index contributed by atoms with van der Waals surface area (Å²) >= 11 is 0. The highest BCUT2D eigenvalue weighted by Gasteiger charge is 2.43. The molecule has 0 radical (unpaired) electrons. The van der Waals surface area contributed by atoms with Crippen molar-refractivity contribution in [2.75, 3.05) is 13.1 Å². The van der Waals surface area contributed by atoms with E-state index >= 15 is 0 Å². The molecule has 6 aromatic rings. The molecule has 12 heteroatoms. The summed E-state index contributed by atoms with van der Waals surface area (Å²) in [5, 5.41) is 31.4. The Hall–Kier alpha value is -6.82. The van der Waals surface area contributed by atoms with Crippen LogP contribution in [0, 0.1) is 13.8 Å². The monoisotopic (exact) mass is 832 g/mol. The number of aromatic nitrogens is 4. The van der Waals surface area contributed by atoms with Gasteiger partial charge in [0.1, 0.15) is 0 Å². The van der Waals surface area contributed by atoms with Crippen LogP contribution in [0.25, 0.3) is 0 Å². The van der Waals surface area contributed by atoms with E-state index in [4.69, 9.17) is 0 Å². The van der Waals surface area contributed by atoms with Crippen LogP contribution in [0.5, 0.6) is 11.5 Å². The van der Waals surface area contributed by atoms with Gasteiger partial charge in [0.15, 0.2) is 22.9 Å². The van der Waals surface area contributed by atoms with E-state index < -0.39 is 52.3 Å². The highest BCUT2D eigenvalue weighted by atomic mass is 16.3. The molecule has 4 heterocycles. The van der Waals surface area contributed by atoms with Crippen molar-refractivity contribution in [3.63, 3.8) is 0 Å². The molecule has 2 amide bonds. The Morgan fingerprint density at radius 1 is 0.597 bits per heavy atom. The van der Waals surface area contributed by atoms with Gasteiger partial charge in [-0.2, -0.15) is 10.2 Å². The molecule has 0 aliphatic carbocycles. The van der Waals surface area contributed by atoms with Gasteiger partial charge in [0.05, 0.1) is 24.5 Å². The van der Waals surface area contributed by atoms with Gasteiger partial charge in [0, 0.05) is 37.0 Å². The van der Waals surface area contributed by atoms with Gasteiger partial charge in [0.2, 0.25) is 10.9 Å². The molecular formula is C50H52N6O6. The maximum atomic E-state index is 14.5. The minimum Gasteiger partial charge on any atom is -0.502 e. The minimum absolute atomic E-state index is 0.115. The van der Waals surface area contributed by atoms with Crippen molar-refractivity contribution in [1.82, 2.24) is 29.4 Å². The molecule has 4 atom stereocenters. The molecule has 12 nitrogen and oxygen atoms in total. The third-order valence-electron chi connectivity index (χ3n) is 12.8. The first kappa shape index (κ1) is 41.9. The van der Waals surface area contributed by atoms with Gasteiger partial charge in [-0.1, -0.05) is 128 Å². The van der Waals surface area contributed by atoms with Crippen LogP contribution in [0.1, 0.15) is 117 Å². The lowest BCUT2D eigenvalue weighted by Gasteiger charge is -2.42. The molecule has 0 bridgehead atoms. The second-order valence-corrected chi connectivity index (χ2v) is 16.8. The van der Waals surface area contributed by atoms with Crippen LogP contribution in [0.3, 0.4) is 0 Å². The fourth-order valence-corrected chi connectivity index (χ4v) is 9.76. The Balaban J connectivity index is 1.19.